The molecule has 1 aromatic heterocycles. The Hall–Kier alpha value is -1.61. The molecule has 0 saturated carbocycles. The third-order valence-corrected chi connectivity index (χ3v) is 4.49. The molecule has 0 N–H and O–H groups in total. The van der Waals surface area contributed by atoms with Crippen molar-refractivity contribution >= 4 is 29.6 Å². The molecule has 2 aliphatic rings. The van der Waals surface area contributed by atoms with Crippen LogP contribution in [0.1, 0.15) is 12.5 Å². The number of carbonyl (C=O) groups excluding carboxylic acids is 1. The Bertz CT molecular complexity index is 805. The summed E-state index contributed by atoms with van der Waals surface area (Å²) in [6, 6.07) is 6.90. The van der Waals surface area contributed by atoms with Crippen molar-refractivity contribution in [1.82, 2.24) is 19.8 Å². The van der Waals surface area contributed by atoms with Gasteiger partial charge in [-0.2, -0.15) is 4.68 Å². The third-order valence-electron chi connectivity index (χ3n) is 3.81. The van der Waals surface area contributed by atoms with Crippen molar-refractivity contribution in [2.45, 2.75) is 24.9 Å². The summed E-state index contributed by atoms with van der Waals surface area (Å²) in [6.07, 6.45) is -0.718. The van der Waals surface area contributed by atoms with Crippen molar-refractivity contribution in [2.24, 2.45) is 0 Å². The first kappa shape index (κ1) is 14.0. The molecule has 3 heterocycles. The van der Waals surface area contributed by atoms with Gasteiger partial charge in [0.05, 0.1) is 23.4 Å². The quantitative estimate of drug-likeness (QED) is 0.776. The van der Waals surface area contributed by atoms with Crippen LogP contribution >= 0.6 is 23.8 Å². The standard InChI is InChI=1S/C13H11ClN4O3S/c14-7-3-1-2-4-8(7)17-13(22)18(16-15-17)9-5-10(19)12-20-6-11(9)21-12/h1-4,9,11-12H,5-6H2/t9-,11+,12+/m0/s1. The highest BCUT2D eigenvalue weighted by atomic mass is 35.5. The SMILES string of the molecule is O=C1C[C@H](n2nnn(-c3ccccc3Cl)c2=S)[C@H]2CO[C@@H]1O2. The van der Waals surface area contributed by atoms with E-state index in [0.29, 0.717) is 22.1 Å². The number of carbonyl (C=O) groups is 1. The fourth-order valence-corrected chi connectivity index (χ4v) is 3.23. The molecule has 7 nitrogen and oxygen atoms in total. The maximum absolute atomic E-state index is 11.9. The fraction of sp³-hybridized carbons (Fsp3) is 0.385. The molecule has 22 heavy (non-hydrogen) atoms. The Morgan fingerprint density at radius 2 is 2.14 bits per heavy atom. The number of halogens is 1. The van der Waals surface area contributed by atoms with Gasteiger partial charge in [-0.3, -0.25) is 4.79 Å². The average Bonchev–Trinajstić information content (AvgIpc) is 3.10. The number of tetrazole rings is 1. The van der Waals surface area contributed by atoms with E-state index in [2.05, 4.69) is 10.4 Å². The number of hydrogen-bond acceptors (Lipinski definition) is 6. The summed E-state index contributed by atoms with van der Waals surface area (Å²) in [4.78, 5) is 11.9. The number of aromatic nitrogens is 4. The summed E-state index contributed by atoms with van der Waals surface area (Å²) in [7, 11) is 0. The topological polar surface area (TPSA) is 71.2 Å². The molecule has 2 fully saturated rings. The van der Waals surface area contributed by atoms with E-state index in [1.165, 1.54) is 9.36 Å². The van der Waals surface area contributed by atoms with Crippen molar-refractivity contribution in [3.8, 4) is 5.69 Å². The highest BCUT2D eigenvalue weighted by Gasteiger charge is 2.45. The zero-order chi connectivity index (χ0) is 15.3. The van der Waals surface area contributed by atoms with E-state index in [9.17, 15) is 4.79 Å². The highest BCUT2D eigenvalue weighted by Crippen LogP contribution is 2.32. The molecule has 4 rings (SSSR count). The molecule has 0 radical (unpaired) electrons. The molecule has 0 amide bonds. The van der Waals surface area contributed by atoms with Crippen LogP contribution < -0.4 is 0 Å². The lowest BCUT2D eigenvalue weighted by molar-refractivity contribution is -0.156. The Labute approximate surface area is 135 Å². The van der Waals surface area contributed by atoms with Gasteiger partial charge >= 0.3 is 0 Å². The second-order valence-electron chi connectivity index (χ2n) is 5.15. The molecule has 0 spiro atoms. The number of fused-ring (bicyclic) bond motifs is 2. The first-order valence-electron chi connectivity index (χ1n) is 6.74. The minimum atomic E-state index is -0.742. The normalized spacial score (nSPS) is 27.3. The van der Waals surface area contributed by atoms with Crippen molar-refractivity contribution in [3.05, 3.63) is 34.1 Å². The van der Waals surface area contributed by atoms with Gasteiger partial charge in [0, 0.05) is 6.42 Å². The summed E-state index contributed by atoms with van der Waals surface area (Å²) in [5.74, 6) is -0.104. The van der Waals surface area contributed by atoms with E-state index in [1.54, 1.807) is 12.1 Å². The summed E-state index contributed by atoms with van der Waals surface area (Å²) in [5.41, 5.74) is 0.643. The number of para-hydroxylation sites is 1. The van der Waals surface area contributed by atoms with Gasteiger partial charge in [-0.1, -0.05) is 23.7 Å². The summed E-state index contributed by atoms with van der Waals surface area (Å²) >= 11 is 11.6. The number of benzene rings is 1. The number of rotatable bonds is 2. The van der Waals surface area contributed by atoms with Crippen molar-refractivity contribution in [2.75, 3.05) is 6.61 Å². The molecule has 0 aliphatic carbocycles. The van der Waals surface area contributed by atoms with Crippen LogP contribution in [0.15, 0.2) is 24.3 Å². The smallest absolute Gasteiger partial charge is 0.221 e. The van der Waals surface area contributed by atoms with E-state index in [1.807, 2.05) is 12.1 Å². The van der Waals surface area contributed by atoms with Crippen molar-refractivity contribution < 1.29 is 14.3 Å². The van der Waals surface area contributed by atoms with Crippen LogP contribution in [-0.2, 0) is 14.3 Å². The highest BCUT2D eigenvalue weighted by molar-refractivity contribution is 7.71. The van der Waals surface area contributed by atoms with Crippen LogP contribution in [-0.4, -0.2) is 44.6 Å². The molecular weight excluding hydrogens is 328 g/mol. The van der Waals surface area contributed by atoms with Gasteiger partial charge in [0.15, 0.2) is 5.78 Å². The van der Waals surface area contributed by atoms with E-state index in [4.69, 9.17) is 33.3 Å². The van der Waals surface area contributed by atoms with Gasteiger partial charge < -0.3 is 9.47 Å². The number of hydrogen-bond donors (Lipinski definition) is 0. The number of ketones is 1. The van der Waals surface area contributed by atoms with Crippen LogP contribution in [0.3, 0.4) is 0 Å². The molecular formula is C13H11ClN4O3S. The third kappa shape index (κ3) is 2.11. The summed E-state index contributed by atoms with van der Waals surface area (Å²) < 4.78 is 14.2. The fourth-order valence-electron chi connectivity index (χ4n) is 2.71. The van der Waals surface area contributed by atoms with Crippen LogP contribution in [0, 0.1) is 4.77 Å². The molecule has 0 unspecified atom stereocenters. The second kappa shape index (κ2) is 5.24. The first-order valence-corrected chi connectivity index (χ1v) is 7.53. The first-order chi connectivity index (χ1) is 10.6. The Balaban J connectivity index is 1.75. The maximum Gasteiger partial charge on any atom is 0.221 e. The molecule has 9 heteroatoms. The molecule has 114 valence electrons. The van der Waals surface area contributed by atoms with Crippen molar-refractivity contribution in [3.63, 3.8) is 0 Å². The van der Waals surface area contributed by atoms with Crippen LogP contribution in [0.5, 0.6) is 0 Å². The minimum Gasteiger partial charge on any atom is -0.343 e. The van der Waals surface area contributed by atoms with E-state index in [-0.39, 0.29) is 24.3 Å². The number of Topliss-reactive ketones (excluding diaryl/α,β-unsaturated/α-hetero) is 1. The molecule has 2 bridgehead atoms. The van der Waals surface area contributed by atoms with E-state index >= 15 is 0 Å². The Morgan fingerprint density at radius 3 is 2.95 bits per heavy atom. The minimum absolute atomic E-state index is 0.104. The van der Waals surface area contributed by atoms with Gasteiger partial charge in [0.2, 0.25) is 11.1 Å². The lowest BCUT2D eigenvalue weighted by Crippen LogP contribution is -2.37. The molecule has 2 saturated heterocycles. The maximum atomic E-state index is 11.9. The van der Waals surface area contributed by atoms with Gasteiger partial charge in [-0.05, 0) is 34.8 Å². The molecule has 2 aliphatic heterocycles. The van der Waals surface area contributed by atoms with Gasteiger partial charge in [0.25, 0.3) is 0 Å². The number of ether oxygens (including phenoxy) is 2. The largest absolute Gasteiger partial charge is 0.343 e. The van der Waals surface area contributed by atoms with Crippen LogP contribution in [0.2, 0.25) is 5.02 Å². The Morgan fingerprint density at radius 1 is 1.32 bits per heavy atom. The summed E-state index contributed by atoms with van der Waals surface area (Å²) in [6.45, 7) is 0.349. The average molecular weight is 339 g/mol. The van der Waals surface area contributed by atoms with Crippen LogP contribution in [0.4, 0.5) is 0 Å². The van der Waals surface area contributed by atoms with E-state index < -0.39 is 6.29 Å². The summed E-state index contributed by atoms with van der Waals surface area (Å²) in [5, 5.41) is 8.67. The van der Waals surface area contributed by atoms with E-state index in [0.717, 1.165) is 0 Å². The van der Waals surface area contributed by atoms with Crippen molar-refractivity contribution in [1.29, 1.82) is 0 Å². The van der Waals surface area contributed by atoms with Crippen LogP contribution in [0.25, 0.3) is 5.69 Å². The predicted octanol–water partition coefficient (Wildman–Crippen LogP) is 1.71. The monoisotopic (exact) mass is 338 g/mol. The lowest BCUT2D eigenvalue weighted by Gasteiger charge is -2.25. The molecule has 3 atom stereocenters. The predicted molar refractivity (Wildman–Crippen MR) is 78.5 cm³/mol. The zero-order valence-corrected chi connectivity index (χ0v) is 12.8. The van der Waals surface area contributed by atoms with Gasteiger partial charge in [-0.25, -0.2) is 4.68 Å². The van der Waals surface area contributed by atoms with Gasteiger partial charge in [-0.15, -0.1) is 0 Å². The number of nitrogens with zero attached hydrogens (tertiary/aromatic N) is 4. The molecule has 1 aromatic carbocycles. The second-order valence-corrected chi connectivity index (χ2v) is 5.92. The van der Waals surface area contributed by atoms with Gasteiger partial charge in [0.1, 0.15) is 6.10 Å². The molecule has 2 aromatic rings. The lowest BCUT2D eigenvalue weighted by atomic mass is 10.0. The zero-order valence-electron chi connectivity index (χ0n) is 11.3. The Kier molecular flexibility index (Phi) is 3.33.